The van der Waals surface area contributed by atoms with E-state index in [1.807, 2.05) is 6.07 Å². The minimum atomic E-state index is -4.36. The molecule has 0 aliphatic rings. The summed E-state index contributed by atoms with van der Waals surface area (Å²) < 4.78 is 39.0. The van der Waals surface area contributed by atoms with Crippen molar-refractivity contribution >= 4 is 0 Å². The maximum absolute atomic E-state index is 12.6. The number of nitriles is 1. The van der Waals surface area contributed by atoms with Crippen LogP contribution in [0.5, 0.6) is 0 Å². The third-order valence-corrected chi connectivity index (χ3v) is 3.96. The first-order valence-electron chi connectivity index (χ1n) is 7.59. The molecular formula is C17H18F3N4O+. The van der Waals surface area contributed by atoms with Crippen LogP contribution in [0.4, 0.5) is 13.2 Å². The first-order valence-corrected chi connectivity index (χ1v) is 7.59. The Bertz CT molecular complexity index is 864. The monoisotopic (exact) mass is 351 g/mol. The first-order chi connectivity index (χ1) is 11.6. The van der Waals surface area contributed by atoms with Crippen LogP contribution in [0.1, 0.15) is 27.9 Å². The van der Waals surface area contributed by atoms with Crippen LogP contribution in [-0.4, -0.2) is 16.8 Å². The highest BCUT2D eigenvalue weighted by Crippen LogP contribution is 2.28. The number of aromatic nitrogens is 2. The number of quaternary nitrogens is 1. The largest absolute Gasteiger partial charge is 0.416 e. The SMILES string of the molecule is Cc1nn(C[NH+](C)Cc2ccc(C(F)(F)F)cc2)c(=O)c(C#N)c1C. The van der Waals surface area contributed by atoms with Crippen molar-refractivity contribution in [2.45, 2.75) is 33.2 Å². The van der Waals surface area contributed by atoms with Crippen LogP contribution >= 0.6 is 0 Å². The molecule has 0 aliphatic heterocycles. The van der Waals surface area contributed by atoms with Crippen molar-refractivity contribution in [2.75, 3.05) is 7.05 Å². The van der Waals surface area contributed by atoms with Gasteiger partial charge in [0.15, 0.2) is 6.67 Å². The molecule has 0 spiro atoms. The van der Waals surface area contributed by atoms with Gasteiger partial charge in [0.25, 0.3) is 5.56 Å². The van der Waals surface area contributed by atoms with E-state index in [-0.39, 0.29) is 12.2 Å². The van der Waals surface area contributed by atoms with Gasteiger partial charge >= 0.3 is 6.18 Å². The van der Waals surface area contributed by atoms with Gasteiger partial charge in [0.2, 0.25) is 0 Å². The van der Waals surface area contributed by atoms with Gasteiger partial charge in [-0.15, -0.1) is 0 Å². The highest BCUT2D eigenvalue weighted by Gasteiger charge is 2.30. The lowest BCUT2D eigenvalue weighted by molar-refractivity contribution is -0.917. The van der Waals surface area contributed by atoms with Crippen LogP contribution in [0.2, 0.25) is 0 Å². The zero-order valence-corrected chi connectivity index (χ0v) is 14.1. The Kier molecular flexibility index (Phi) is 5.28. The fraction of sp³-hybridized carbons (Fsp3) is 0.353. The van der Waals surface area contributed by atoms with E-state index in [2.05, 4.69) is 5.10 Å². The maximum atomic E-state index is 12.6. The van der Waals surface area contributed by atoms with Gasteiger partial charge in [-0.05, 0) is 31.5 Å². The van der Waals surface area contributed by atoms with E-state index < -0.39 is 17.3 Å². The lowest BCUT2D eigenvalue weighted by Crippen LogP contribution is -3.07. The van der Waals surface area contributed by atoms with E-state index in [0.29, 0.717) is 23.4 Å². The second-order valence-corrected chi connectivity index (χ2v) is 5.99. The van der Waals surface area contributed by atoms with E-state index in [4.69, 9.17) is 5.26 Å². The van der Waals surface area contributed by atoms with Gasteiger partial charge in [-0.1, -0.05) is 12.1 Å². The van der Waals surface area contributed by atoms with Crippen molar-refractivity contribution in [3.05, 3.63) is 62.6 Å². The molecule has 2 aromatic rings. The van der Waals surface area contributed by atoms with E-state index in [0.717, 1.165) is 17.0 Å². The molecule has 0 fully saturated rings. The minimum absolute atomic E-state index is 0.0647. The van der Waals surface area contributed by atoms with Crippen LogP contribution in [0.25, 0.3) is 0 Å². The third-order valence-electron chi connectivity index (χ3n) is 3.96. The Balaban J connectivity index is 2.16. The molecule has 1 unspecified atom stereocenters. The van der Waals surface area contributed by atoms with Crippen molar-refractivity contribution in [1.82, 2.24) is 9.78 Å². The fourth-order valence-electron chi connectivity index (χ4n) is 2.48. The number of aryl methyl sites for hydroxylation is 1. The van der Waals surface area contributed by atoms with Crippen molar-refractivity contribution in [3.63, 3.8) is 0 Å². The number of rotatable bonds is 4. The van der Waals surface area contributed by atoms with Gasteiger partial charge in [0, 0.05) is 5.56 Å². The average Bonchev–Trinajstić information content (AvgIpc) is 2.53. The van der Waals surface area contributed by atoms with E-state index in [9.17, 15) is 18.0 Å². The summed E-state index contributed by atoms with van der Waals surface area (Å²) >= 11 is 0. The molecule has 0 amide bonds. The van der Waals surface area contributed by atoms with Gasteiger partial charge in [0.1, 0.15) is 18.2 Å². The molecule has 0 saturated heterocycles. The van der Waals surface area contributed by atoms with E-state index in [1.165, 1.54) is 16.8 Å². The number of nitrogens with zero attached hydrogens (tertiary/aromatic N) is 3. The Morgan fingerprint density at radius 2 is 1.84 bits per heavy atom. The van der Waals surface area contributed by atoms with Crippen LogP contribution in [0, 0.1) is 25.2 Å². The normalized spacial score (nSPS) is 12.7. The van der Waals surface area contributed by atoms with Gasteiger partial charge in [-0.2, -0.15) is 28.2 Å². The summed E-state index contributed by atoms with van der Waals surface area (Å²) in [6.45, 7) is 4.01. The summed E-state index contributed by atoms with van der Waals surface area (Å²) in [4.78, 5) is 13.1. The molecule has 1 N–H and O–H groups in total. The highest BCUT2D eigenvalue weighted by molar-refractivity contribution is 5.36. The van der Waals surface area contributed by atoms with E-state index in [1.54, 1.807) is 20.9 Å². The lowest BCUT2D eigenvalue weighted by Gasteiger charge is -2.16. The van der Waals surface area contributed by atoms with Crippen LogP contribution < -0.4 is 10.5 Å². The number of hydrogen-bond donors (Lipinski definition) is 1. The molecule has 1 atom stereocenters. The molecule has 1 aromatic carbocycles. The summed E-state index contributed by atoms with van der Waals surface area (Å²) in [6, 6.07) is 6.82. The highest BCUT2D eigenvalue weighted by atomic mass is 19.4. The molecule has 1 heterocycles. The summed E-state index contributed by atoms with van der Waals surface area (Å²) in [5.41, 5.74) is 0.775. The Morgan fingerprint density at radius 3 is 2.36 bits per heavy atom. The number of alkyl halides is 3. The van der Waals surface area contributed by atoms with Gasteiger partial charge < -0.3 is 4.90 Å². The quantitative estimate of drug-likeness (QED) is 0.906. The van der Waals surface area contributed by atoms with Crippen LogP contribution in [0.3, 0.4) is 0 Å². The smallest absolute Gasteiger partial charge is 0.315 e. The molecule has 8 heteroatoms. The maximum Gasteiger partial charge on any atom is 0.416 e. The Hall–Kier alpha value is -2.66. The standard InChI is InChI=1S/C17H17F3N4O/c1-11-12(2)22-24(16(25)15(11)8-21)10-23(3)9-13-4-6-14(7-5-13)17(18,19)20/h4-7H,9-10H2,1-3H3/p+1. The summed E-state index contributed by atoms with van der Waals surface area (Å²) in [5.74, 6) is 0. The van der Waals surface area contributed by atoms with Crippen LogP contribution in [0.15, 0.2) is 29.1 Å². The van der Waals surface area contributed by atoms with Crippen LogP contribution in [-0.2, 0) is 19.4 Å². The minimum Gasteiger partial charge on any atom is -0.315 e. The summed E-state index contributed by atoms with van der Waals surface area (Å²) in [5, 5.41) is 13.3. The summed E-state index contributed by atoms with van der Waals surface area (Å²) in [7, 11) is 1.80. The van der Waals surface area contributed by atoms with E-state index >= 15 is 0 Å². The second-order valence-electron chi connectivity index (χ2n) is 5.99. The predicted molar refractivity (Wildman–Crippen MR) is 84.7 cm³/mol. The van der Waals surface area contributed by atoms with Crippen molar-refractivity contribution in [2.24, 2.45) is 0 Å². The summed E-state index contributed by atoms with van der Waals surface area (Å²) in [6.07, 6.45) is -4.36. The Labute approximate surface area is 142 Å². The Morgan fingerprint density at radius 1 is 1.24 bits per heavy atom. The van der Waals surface area contributed by atoms with Gasteiger partial charge in [-0.25, -0.2) is 0 Å². The van der Waals surface area contributed by atoms with Gasteiger partial charge in [-0.3, -0.25) is 4.79 Å². The van der Waals surface area contributed by atoms with Crippen molar-refractivity contribution in [3.8, 4) is 6.07 Å². The molecule has 5 nitrogen and oxygen atoms in total. The number of halogens is 3. The number of benzene rings is 1. The first kappa shape index (κ1) is 18.7. The number of hydrogen-bond acceptors (Lipinski definition) is 3. The number of nitrogens with one attached hydrogen (secondary N) is 1. The van der Waals surface area contributed by atoms with Gasteiger partial charge in [0.05, 0.1) is 18.3 Å². The lowest BCUT2D eigenvalue weighted by atomic mass is 10.1. The molecular weight excluding hydrogens is 333 g/mol. The average molecular weight is 351 g/mol. The fourth-order valence-corrected chi connectivity index (χ4v) is 2.48. The van der Waals surface area contributed by atoms with Crippen molar-refractivity contribution in [1.29, 1.82) is 5.26 Å². The molecule has 0 saturated carbocycles. The third kappa shape index (κ3) is 4.25. The molecule has 25 heavy (non-hydrogen) atoms. The second kappa shape index (κ2) is 7.07. The molecule has 2 rings (SSSR count). The topological polar surface area (TPSA) is 63.1 Å². The van der Waals surface area contributed by atoms with Crippen molar-refractivity contribution < 1.29 is 18.1 Å². The molecule has 1 aromatic heterocycles. The zero-order valence-electron chi connectivity index (χ0n) is 14.1. The predicted octanol–water partition coefficient (Wildman–Crippen LogP) is 1.42. The zero-order chi connectivity index (χ0) is 18.8. The molecule has 132 valence electrons. The molecule has 0 bridgehead atoms. The molecule has 0 aliphatic carbocycles. The molecule has 0 radical (unpaired) electrons.